The number of hydrogen-bond donors (Lipinski definition) is 1. The van der Waals surface area contributed by atoms with Gasteiger partial charge in [-0.05, 0) is 26.9 Å². The van der Waals surface area contributed by atoms with Crippen LogP contribution in [-0.2, 0) is 4.74 Å². The summed E-state index contributed by atoms with van der Waals surface area (Å²) in [6, 6.07) is 0.318. The lowest BCUT2D eigenvalue weighted by atomic mass is 10.0. The van der Waals surface area contributed by atoms with Gasteiger partial charge in [-0.15, -0.1) is 0 Å². The van der Waals surface area contributed by atoms with Gasteiger partial charge in [-0.2, -0.15) is 4.98 Å². The van der Waals surface area contributed by atoms with E-state index in [9.17, 15) is 0 Å². The van der Waals surface area contributed by atoms with Gasteiger partial charge in [-0.25, -0.2) is 0 Å². The van der Waals surface area contributed by atoms with E-state index in [1.165, 1.54) is 0 Å². The Labute approximate surface area is 120 Å². The fourth-order valence-electron chi connectivity index (χ4n) is 2.26. The van der Waals surface area contributed by atoms with Crippen LogP contribution in [0, 0.1) is 0 Å². The molecule has 0 bridgehead atoms. The molecule has 20 heavy (non-hydrogen) atoms. The second-order valence-corrected chi connectivity index (χ2v) is 5.64. The van der Waals surface area contributed by atoms with Gasteiger partial charge < -0.3 is 19.5 Å². The predicted molar refractivity (Wildman–Crippen MR) is 76.7 cm³/mol. The highest BCUT2D eigenvalue weighted by atomic mass is 16.5. The summed E-state index contributed by atoms with van der Waals surface area (Å²) in [6.07, 6.45) is 1.05. The third-order valence-electron chi connectivity index (χ3n) is 3.87. The third-order valence-corrected chi connectivity index (χ3v) is 3.87. The summed E-state index contributed by atoms with van der Waals surface area (Å²) in [5.74, 6) is 1.55. The molecule has 0 aromatic carbocycles. The van der Waals surface area contributed by atoms with Crippen LogP contribution >= 0.6 is 0 Å². The number of nitrogens with one attached hydrogen (secondary N) is 1. The highest BCUT2D eigenvalue weighted by Gasteiger charge is 2.27. The molecule has 0 amide bonds. The highest BCUT2D eigenvalue weighted by Crippen LogP contribution is 2.22. The minimum absolute atomic E-state index is 0.0719. The van der Waals surface area contributed by atoms with Gasteiger partial charge in [0, 0.05) is 19.1 Å². The van der Waals surface area contributed by atoms with Crippen LogP contribution in [0.2, 0.25) is 0 Å². The Hall–Kier alpha value is -0.980. The molecule has 0 aliphatic carbocycles. The van der Waals surface area contributed by atoms with Crippen molar-refractivity contribution in [2.45, 2.75) is 45.3 Å². The third kappa shape index (κ3) is 3.77. The molecule has 1 aromatic rings. The zero-order valence-electron chi connectivity index (χ0n) is 12.9. The van der Waals surface area contributed by atoms with E-state index in [1.807, 2.05) is 0 Å². The van der Waals surface area contributed by atoms with E-state index >= 15 is 0 Å². The smallest absolute Gasteiger partial charge is 0.231 e. The second kappa shape index (κ2) is 7.15. The average Bonchev–Trinajstić information content (AvgIpc) is 2.93. The lowest BCUT2D eigenvalue weighted by Gasteiger charge is -2.27. The SMILES string of the molecule is CCCNC(C)C(C)c1nc(C2CN(C)CCO2)no1. The molecule has 1 saturated heterocycles. The van der Waals surface area contributed by atoms with E-state index in [4.69, 9.17) is 9.26 Å². The van der Waals surface area contributed by atoms with Crippen LogP contribution in [0.15, 0.2) is 4.52 Å². The first-order valence-electron chi connectivity index (χ1n) is 7.48. The number of ether oxygens (including phenoxy) is 1. The van der Waals surface area contributed by atoms with Gasteiger partial charge in [0.15, 0.2) is 0 Å². The van der Waals surface area contributed by atoms with Crippen LogP contribution in [0.1, 0.15) is 50.9 Å². The maximum absolute atomic E-state index is 5.71. The normalized spacial score (nSPS) is 23.7. The highest BCUT2D eigenvalue weighted by molar-refractivity contribution is 4.99. The Balaban J connectivity index is 1.97. The fraction of sp³-hybridized carbons (Fsp3) is 0.857. The summed E-state index contributed by atoms with van der Waals surface area (Å²) in [5.41, 5.74) is 0. The second-order valence-electron chi connectivity index (χ2n) is 5.64. The first kappa shape index (κ1) is 15.4. The lowest BCUT2D eigenvalue weighted by Crippen LogP contribution is -2.35. The Morgan fingerprint density at radius 2 is 2.25 bits per heavy atom. The van der Waals surface area contributed by atoms with Crippen LogP contribution in [0.5, 0.6) is 0 Å². The molecule has 2 rings (SSSR count). The molecule has 1 aliphatic rings. The van der Waals surface area contributed by atoms with E-state index < -0.39 is 0 Å². The monoisotopic (exact) mass is 282 g/mol. The van der Waals surface area contributed by atoms with Gasteiger partial charge >= 0.3 is 0 Å². The van der Waals surface area contributed by atoms with Crippen LogP contribution < -0.4 is 5.32 Å². The molecule has 3 unspecified atom stereocenters. The summed E-state index contributed by atoms with van der Waals surface area (Å²) in [7, 11) is 2.08. The molecule has 1 aliphatic heterocycles. The Morgan fingerprint density at radius 1 is 1.45 bits per heavy atom. The van der Waals surface area contributed by atoms with E-state index in [-0.39, 0.29) is 12.0 Å². The quantitative estimate of drug-likeness (QED) is 0.854. The van der Waals surface area contributed by atoms with E-state index in [2.05, 4.69) is 48.2 Å². The largest absolute Gasteiger partial charge is 0.367 e. The molecule has 0 spiro atoms. The summed E-state index contributed by atoms with van der Waals surface area (Å²) in [6.45, 7) is 9.91. The van der Waals surface area contributed by atoms with Crippen molar-refractivity contribution in [1.82, 2.24) is 20.4 Å². The fourth-order valence-corrected chi connectivity index (χ4v) is 2.26. The Kier molecular flexibility index (Phi) is 5.51. The predicted octanol–water partition coefficient (Wildman–Crippen LogP) is 1.56. The van der Waals surface area contributed by atoms with Crippen molar-refractivity contribution >= 4 is 0 Å². The summed E-state index contributed by atoms with van der Waals surface area (Å²) >= 11 is 0. The molecule has 2 heterocycles. The zero-order chi connectivity index (χ0) is 14.5. The van der Waals surface area contributed by atoms with E-state index in [1.54, 1.807) is 0 Å². The van der Waals surface area contributed by atoms with Crippen molar-refractivity contribution in [1.29, 1.82) is 0 Å². The lowest BCUT2D eigenvalue weighted by molar-refractivity contribution is -0.0264. The van der Waals surface area contributed by atoms with Gasteiger partial charge in [0.05, 0.1) is 12.5 Å². The van der Waals surface area contributed by atoms with E-state index in [0.29, 0.717) is 17.8 Å². The molecule has 6 nitrogen and oxygen atoms in total. The maximum Gasteiger partial charge on any atom is 0.231 e. The molecule has 1 N–H and O–H groups in total. The molecular formula is C14H26N4O2. The molecule has 6 heteroatoms. The molecule has 0 radical (unpaired) electrons. The van der Waals surface area contributed by atoms with Crippen molar-refractivity contribution in [3.63, 3.8) is 0 Å². The first-order valence-corrected chi connectivity index (χ1v) is 7.48. The van der Waals surface area contributed by atoms with Crippen LogP contribution in [0.4, 0.5) is 0 Å². The van der Waals surface area contributed by atoms with Gasteiger partial charge in [0.2, 0.25) is 11.7 Å². The molecule has 1 aromatic heterocycles. The molecule has 1 fully saturated rings. The van der Waals surface area contributed by atoms with Crippen molar-refractivity contribution in [3.8, 4) is 0 Å². The summed E-state index contributed by atoms with van der Waals surface area (Å²) < 4.78 is 11.1. The standard InChI is InChI=1S/C14H26N4O2/c1-5-6-15-11(3)10(2)14-16-13(17-20-14)12-9-18(4)7-8-19-12/h10-12,15H,5-9H2,1-4H3. The number of hydrogen-bond acceptors (Lipinski definition) is 6. The maximum atomic E-state index is 5.71. The summed E-state index contributed by atoms with van der Waals surface area (Å²) in [5, 5.41) is 7.55. The van der Waals surface area contributed by atoms with E-state index in [0.717, 1.165) is 32.7 Å². The van der Waals surface area contributed by atoms with Gasteiger partial charge in [-0.1, -0.05) is 19.0 Å². The van der Waals surface area contributed by atoms with Crippen molar-refractivity contribution in [2.24, 2.45) is 0 Å². The molecular weight excluding hydrogens is 256 g/mol. The van der Waals surface area contributed by atoms with Crippen molar-refractivity contribution < 1.29 is 9.26 Å². The number of aromatic nitrogens is 2. The van der Waals surface area contributed by atoms with Gasteiger partial charge in [0.25, 0.3) is 0 Å². The topological polar surface area (TPSA) is 63.4 Å². The van der Waals surface area contributed by atoms with Gasteiger partial charge in [-0.3, -0.25) is 0 Å². The van der Waals surface area contributed by atoms with Crippen molar-refractivity contribution in [2.75, 3.05) is 33.3 Å². The molecule has 3 atom stereocenters. The Bertz CT molecular complexity index is 410. The minimum Gasteiger partial charge on any atom is -0.367 e. The molecule has 114 valence electrons. The molecule has 0 saturated carbocycles. The Morgan fingerprint density at radius 3 is 2.95 bits per heavy atom. The van der Waals surface area contributed by atoms with Crippen LogP contribution in [-0.4, -0.2) is 54.4 Å². The number of rotatable bonds is 6. The van der Waals surface area contributed by atoms with Gasteiger partial charge in [0.1, 0.15) is 6.10 Å². The van der Waals surface area contributed by atoms with Crippen molar-refractivity contribution in [3.05, 3.63) is 11.7 Å². The zero-order valence-corrected chi connectivity index (χ0v) is 12.9. The number of likely N-dealkylation sites (N-methyl/N-ethyl adjacent to an activating group) is 1. The van der Waals surface area contributed by atoms with Crippen LogP contribution in [0.25, 0.3) is 0 Å². The summed E-state index contributed by atoms with van der Waals surface area (Å²) in [4.78, 5) is 6.75. The van der Waals surface area contributed by atoms with Crippen LogP contribution in [0.3, 0.4) is 0 Å². The number of nitrogens with zero attached hydrogens (tertiary/aromatic N) is 3. The average molecular weight is 282 g/mol. The number of morpholine rings is 1. The first-order chi connectivity index (χ1) is 9.61. The minimum atomic E-state index is -0.0719.